The lowest BCUT2D eigenvalue weighted by Crippen LogP contribution is -2.48. The van der Waals surface area contributed by atoms with Crippen molar-refractivity contribution in [1.82, 2.24) is 4.90 Å². The number of hydrogen-bond acceptors (Lipinski definition) is 1. The molecule has 2 fully saturated rings. The van der Waals surface area contributed by atoms with E-state index in [0.717, 1.165) is 18.5 Å². The maximum absolute atomic E-state index is 12.7. The molecule has 0 spiro atoms. The molecule has 20 heavy (non-hydrogen) atoms. The van der Waals surface area contributed by atoms with Gasteiger partial charge in [-0.3, -0.25) is 4.79 Å². The topological polar surface area (TPSA) is 20.3 Å². The number of likely N-dealkylation sites (tertiary alicyclic amines) is 1. The molecule has 0 unspecified atom stereocenters. The van der Waals surface area contributed by atoms with Crippen LogP contribution in [0, 0.1) is 11.3 Å². The molecule has 2 heteroatoms. The van der Waals surface area contributed by atoms with Crippen molar-refractivity contribution >= 4 is 5.91 Å². The monoisotopic (exact) mass is 271 g/mol. The number of carbonyl (C=O) groups is 1. The fourth-order valence-corrected chi connectivity index (χ4v) is 4.73. The van der Waals surface area contributed by atoms with Crippen molar-refractivity contribution in [2.75, 3.05) is 6.54 Å². The van der Waals surface area contributed by atoms with Crippen molar-refractivity contribution in [2.24, 2.45) is 11.3 Å². The molecule has 0 N–H and O–H groups in total. The van der Waals surface area contributed by atoms with Crippen LogP contribution in [-0.2, 0) is 11.2 Å². The summed E-state index contributed by atoms with van der Waals surface area (Å²) in [6, 6.07) is 10.1. The summed E-state index contributed by atoms with van der Waals surface area (Å²) in [5.41, 5.74) is 1.58. The molecular weight excluding hydrogens is 246 g/mol. The third-order valence-corrected chi connectivity index (χ3v) is 5.02. The maximum atomic E-state index is 12.7. The first-order valence-electron chi connectivity index (χ1n) is 7.72. The van der Waals surface area contributed by atoms with Crippen LogP contribution in [0.15, 0.2) is 30.3 Å². The lowest BCUT2D eigenvalue weighted by Gasteiger charge is -2.43. The van der Waals surface area contributed by atoms with Gasteiger partial charge in [0.05, 0.1) is 6.42 Å². The number of rotatable bonds is 2. The van der Waals surface area contributed by atoms with E-state index in [9.17, 15) is 4.79 Å². The van der Waals surface area contributed by atoms with Crippen LogP contribution in [0.25, 0.3) is 0 Å². The Morgan fingerprint density at radius 2 is 1.90 bits per heavy atom. The molecule has 1 heterocycles. The zero-order valence-electron chi connectivity index (χ0n) is 12.9. The number of benzene rings is 1. The van der Waals surface area contributed by atoms with E-state index in [0.29, 0.717) is 23.7 Å². The van der Waals surface area contributed by atoms with Gasteiger partial charge in [-0.15, -0.1) is 0 Å². The number of fused-ring (bicyclic) bond motifs is 2. The van der Waals surface area contributed by atoms with Crippen LogP contribution in [0.4, 0.5) is 0 Å². The van der Waals surface area contributed by atoms with Gasteiger partial charge in [0, 0.05) is 12.1 Å². The van der Waals surface area contributed by atoms with Crippen LogP contribution in [0.5, 0.6) is 0 Å². The van der Waals surface area contributed by atoms with E-state index in [1.165, 1.54) is 12.8 Å². The minimum absolute atomic E-state index is 0.0816. The van der Waals surface area contributed by atoms with Crippen molar-refractivity contribution in [1.29, 1.82) is 0 Å². The molecule has 3 rings (SSSR count). The fourth-order valence-electron chi connectivity index (χ4n) is 4.73. The summed E-state index contributed by atoms with van der Waals surface area (Å²) in [4.78, 5) is 14.9. The molecule has 1 aromatic carbocycles. The Morgan fingerprint density at radius 3 is 2.60 bits per heavy atom. The van der Waals surface area contributed by atoms with E-state index in [1.807, 2.05) is 30.3 Å². The summed E-state index contributed by atoms with van der Waals surface area (Å²) in [5.74, 6) is 1.00. The van der Waals surface area contributed by atoms with Gasteiger partial charge in [-0.25, -0.2) is 0 Å². The Morgan fingerprint density at radius 1 is 1.20 bits per heavy atom. The summed E-state index contributed by atoms with van der Waals surface area (Å²) in [5, 5.41) is 0. The van der Waals surface area contributed by atoms with E-state index in [-0.39, 0.29) is 5.54 Å². The smallest absolute Gasteiger partial charge is 0.227 e. The molecule has 1 saturated carbocycles. The average Bonchev–Trinajstić information content (AvgIpc) is 2.59. The van der Waals surface area contributed by atoms with Gasteiger partial charge in [0.2, 0.25) is 5.91 Å². The van der Waals surface area contributed by atoms with Gasteiger partial charge in [0.1, 0.15) is 0 Å². The van der Waals surface area contributed by atoms with Crippen molar-refractivity contribution in [3.8, 4) is 0 Å². The lowest BCUT2D eigenvalue weighted by molar-refractivity contribution is -0.134. The first-order chi connectivity index (χ1) is 9.38. The van der Waals surface area contributed by atoms with Gasteiger partial charge in [-0.05, 0) is 43.1 Å². The normalized spacial score (nSPS) is 31.4. The number of carbonyl (C=O) groups excluding carboxylic acids is 1. The molecule has 0 radical (unpaired) electrons. The van der Waals surface area contributed by atoms with E-state index >= 15 is 0 Å². The summed E-state index contributed by atoms with van der Waals surface area (Å²) in [7, 11) is 0. The van der Waals surface area contributed by atoms with Crippen LogP contribution < -0.4 is 0 Å². The Labute approximate surface area is 122 Å². The summed E-state index contributed by atoms with van der Waals surface area (Å²) >= 11 is 0. The number of hydrogen-bond donors (Lipinski definition) is 0. The first kappa shape index (κ1) is 13.7. The van der Waals surface area contributed by atoms with E-state index in [2.05, 4.69) is 25.7 Å². The van der Waals surface area contributed by atoms with E-state index in [1.54, 1.807) is 0 Å². The highest BCUT2D eigenvalue weighted by molar-refractivity contribution is 5.80. The summed E-state index contributed by atoms with van der Waals surface area (Å²) in [6.07, 6.45) is 4.13. The van der Waals surface area contributed by atoms with Crippen molar-refractivity contribution < 1.29 is 4.79 Å². The van der Waals surface area contributed by atoms with Crippen LogP contribution in [0.2, 0.25) is 0 Å². The first-order valence-corrected chi connectivity index (χ1v) is 7.72. The number of nitrogens with zero attached hydrogens (tertiary/aromatic N) is 1. The van der Waals surface area contributed by atoms with Gasteiger partial charge in [-0.2, -0.15) is 0 Å². The second kappa shape index (κ2) is 4.61. The van der Waals surface area contributed by atoms with E-state index < -0.39 is 0 Å². The van der Waals surface area contributed by atoms with E-state index in [4.69, 9.17) is 0 Å². The Bertz CT molecular complexity index is 507. The molecule has 108 valence electrons. The molecule has 1 aliphatic heterocycles. The lowest BCUT2D eigenvalue weighted by atomic mass is 9.67. The minimum Gasteiger partial charge on any atom is -0.337 e. The molecular formula is C18H25NO. The highest BCUT2D eigenvalue weighted by Gasteiger charge is 2.51. The van der Waals surface area contributed by atoms with Gasteiger partial charge >= 0.3 is 0 Å². The zero-order chi connectivity index (χ0) is 14.4. The SMILES string of the molecule is CC1(C)C[C@H]2CN(C(=O)Cc3ccccc3)[C@@](C)(C2)C1. The standard InChI is InChI=1S/C18H25NO/c1-17(2)10-15-11-18(3,13-17)19(12-15)16(20)9-14-7-5-4-6-8-14/h4-8,15H,9-13H2,1-3H3/t15-,18+/m1/s1. The van der Waals surface area contributed by atoms with Crippen LogP contribution in [0.1, 0.15) is 45.6 Å². The Kier molecular flexibility index (Phi) is 3.15. The maximum Gasteiger partial charge on any atom is 0.227 e. The molecule has 1 aliphatic carbocycles. The van der Waals surface area contributed by atoms with Crippen molar-refractivity contribution in [3.05, 3.63) is 35.9 Å². The van der Waals surface area contributed by atoms with Gasteiger partial charge in [0.25, 0.3) is 0 Å². The molecule has 2 nitrogen and oxygen atoms in total. The van der Waals surface area contributed by atoms with Gasteiger partial charge in [0.15, 0.2) is 0 Å². The zero-order valence-corrected chi connectivity index (χ0v) is 12.9. The second-order valence-electron chi connectivity index (χ2n) is 7.78. The van der Waals surface area contributed by atoms with Crippen LogP contribution in [0.3, 0.4) is 0 Å². The molecule has 1 saturated heterocycles. The molecule has 1 aromatic rings. The predicted octanol–water partition coefficient (Wildman–Crippen LogP) is 3.66. The molecule has 2 aliphatic rings. The van der Waals surface area contributed by atoms with Gasteiger partial charge < -0.3 is 4.90 Å². The fraction of sp³-hybridized carbons (Fsp3) is 0.611. The Hall–Kier alpha value is -1.31. The quantitative estimate of drug-likeness (QED) is 0.804. The molecule has 2 atom stereocenters. The van der Waals surface area contributed by atoms with Gasteiger partial charge in [-0.1, -0.05) is 44.2 Å². The summed E-state index contributed by atoms with van der Waals surface area (Å²) < 4.78 is 0. The largest absolute Gasteiger partial charge is 0.337 e. The molecule has 1 amide bonds. The average molecular weight is 271 g/mol. The summed E-state index contributed by atoms with van der Waals surface area (Å²) in [6.45, 7) is 7.95. The molecule has 2 bridgehead atoms. The third-order valence-electron chi connectivity index (χ3n) is 5.02. The van der Waals surface area contributed by atoms with Crippen molar-refractivity contribution in [2.45, 2.75) is 52.0 Å². The highest BCUT2D eigenvalue weighted by atomic mass is 16.2. The number of amides is 1. The predicted molar refractivity (Wildman–Crippen MR) is 81.4 cm³/mol. The van der Waals surface area contributed by atoms with Crippen LogP contribution >= 0.6 is 0 Å². The minimum atomic E-state index is 0.0816. The second-order valence-corrected chi connectivity index (χ2v) is 7.78. The molecule has 0 aromatic heterocycles. The highest BCUT2D eigenvalue weighted by Crippen LogP contribution is 2.51. The van der Waals surface area contributed by atoms with Crippen molar-refractivity contribution in [3.63, 3.8) is 0 Å². The Balaban J connectivity index is 1.76. The van der Waals surface area contributed by atoms with Crippen LogP contribution in [-0.4, -0.2) is 22.9 Å². The third kappa shape index (κ3) is 2.48.